The number of halogens is 1. The van der Waals surface area contributed by atoms with Crippen LogP contribution < -0.4 is 0 Å². The molecule has 2 unspecified atom stereocenters. The summed E-state index contributed by atoms with van der Waals surface area (Å²) in [6.07, 6.45) is -0.148. The third kappa shape index (κ3) is 3.16. The summed E-state index contributed by atoms with van der Waals surface area (Å²) in [4.78, 5) is 1.07. The summed E-state index contributed by atoms with van der Waals surface area (Å²) in [5.41, 5.74) is 0. The zero-order valence-corrected chi connectivity index (χ0v) is 9.76. The predicted molar refractivity (Wildman–Crippen MR) is 59.6 cm³/mol. The second kappa shape index (κ2) is 5.27. The quantitative estimate of drug-likeness (QED) is 0.885. The minimum absolute atomic E-state index is 0.209. The number of hydrogen-bond acceptors (Lipinski definition) is 4. The molecule has 0 spiro atoms. The molecule has 2 rings (SSSR count). The van der Waals surface area contributed by atoms with Gasteiger partial charge in [-0.25, -0.2) is 0 Å². The van der Waals surface area contributed by atoms with Crippen molar-refractivity contribution < 1.29 is 14.6 Å². The maximum atomic E-state index is 9.90. The topological polar surface area (TPSA) is 38.7 Å². The Bertz CT molecular complexity index is 309. The first kappa shape index (κ1) is 11.4. The van der Waals surface area contributed by atoms with Gasteiger partial charge in [-0.1, -0.05) is 11.6 Å². The standard InChI is InChI=1S/C10H13ClO3S/c11-10-2-1-7(15-10)5-8(12)9-6-13-3-4-14-9/h1-2,8-9,12H,3-6H2. The van der Waals surface area contributed by atoms with Crippen LogP contribution >= 0.6 is 22.9 Å². The number of rotatable bonds is 3. The summed E-state index contributed by atoms with van der Waals surface area (Å²) in [7, 11) is 0. The molecular weight excluding hydrogens is 236 g/mol. The Kier molecular flexibility index (Phi) is 3.99. The molecule has 1 aromatic rings. The van der Waals surface area contributed by atoms with E-state index in [0.717, 1.165) is 9.21 Å². The lowest BCUT2D eigenvalue weighted by molar-refractivity contribution is -0.131. The molecule has 15 heavy (non-hydrogen) atoms. The largest absolute Gasteiger partial charge is 0.390 e. The van der Waals surface area contributed by atoms with Crippen LogP contribution in [0.15, 0.2) is 12.1 Å². The van der Waals surface area contributed by atoms with Gasteiger partial charge in [0.2, 0.25) is 0 Å². The van der Waals surface area contributed by atoms with Crippen molar-refractivity contribution in [2.45, 2.75) is 18.6 Å². The van der Waals surface area contributed by atoms with E-state index in [0.29, 0.717) is 26.2 Å². The van der Waals surface area contributed by atoms with E-state index >= 15 is 0 Å². The molecule has 2 atom stereocenters. The van der Waals surface area contributed by atoms with Crippen LogP contribution in [0.25, 0.3) is 0 Å². The van der Waals surface area contributed by atoms with E-state index in [4.69, 9.17) is 21.1 Å². The summed E-state index contributed by atoms with van der Waals surface area (Å²) >= 11 is 7.30. The monoisotopic (exact) mass is 248 g/mol. The number of aliphatic hydroxyl groups is 1. The zero-order chi connectivity index (χ0) is 10.7. The number of aliphatic hydroxyl groups excluding tert-OH is 1. The van der Waals surface area contributed by atoms with Crippen LogP contribution in [0.5, 0.6) is 0 Å². The number of hydrogen-bond donors (Lipinski definition) is 1. The maximum absolute atomic E-state index is 9.90. The first-order valence-electron chi connectivity index (χ1n) is 4.87. The summed E-state index contributed by atoms with van der Waals surface area (Å²) in [5.74, 6) is 0. The first-order valence-corrected chi connectivity index (χ1v) is 6.07. The number of ether oxygens (including phenoxy) is 2. The summed E-state index contributed by atoms with van der Waals surface area (Å²) in [6, 6.07) is 3.77. The Hall–Kier alpha value is -0.130. The summed E-state index contributed by atoms with van der Waals surface area (Å²) in [6.45, 7) is 1.65. The van der Waals surface area contributed by atoms with E-state index < -0.39 is 6.10 Å². The van der Waals surface area contributed by atoms with Crippen LogP contribution in [0.4, 0.5) is 0 Å². The van der Waals surface area contributed by atoms with Crippen LogP contribution in [-0.4, -0.2) is 37.1 Å². The van der Waals surface area contributed by atoms with Gasteiger partial charge in [0, 0.05) is 11.3 Å². The first-order chi connectivity index (χ1) is 7.25. The second-order valence-electron chi connectivity index (χ2n) is 3.46. The molecule has 1 aliphatic heterocycles. The van der Waals surface area contributed by atoms with Gasteiger partial charge in [0.1, 0.15) is 6.10 Å². The fourth-order valence-corrected chi connectivity index (χ4v) is 2.66. The van der Waals surface area contributed by atoms with E-state index in [-0.39, 0.29) is 6.10 Å². The van der Waals surface area contributed by atoms with Crippen molar-refractivity contribution >= 4 is 22.9 Å². The summed E-state index contributed by atoms with van der Waals surface area (Å²) in [5, 5.41) is 9.90. The Morgan fingerprint density at radius 2 is 2.40 bits per heavy atom. The van der Waals surface area contributed by atoms with Crippen LogP contribution in [0.1, 0.15) is 4.88 Å². The molecule has 0 aromatic carbocycles. The molecule has 1 N–H and O–H groups in total. The lowest BCUT2D eigenvalue weighted by atomic mass is 10.1. The molecule has 0 aliphatic carbocycles. The molecule has 0 bridgehead atoms. The molecule has 0 saturated carbocycles. The fraction of sp³-hybridized carbons (Fsp3) is 0.600. The van der Waals surface area contributed by atoms with Crippen molar-refractivity contribution in [1.29, 1.82) is 0 Å². The molecule has 1 fully saturated rings. The van der Waals surface area contributed by atoms with E-state index in [1.807, 2.05) is 12.1 Å². The van der Waals surface area contributed by atoms with Crippen molar-refractivity contribution in [3.63, 3.8) is 0 Å². The fourth-order valence-electron chi connectivity index (χ4n) is 1.53. The highest BCUT2D eigenvalue weighted by Crippen LogP contribution is 2.23. The van der Waals surface area contributed by atoms with Gasteiger partial charge in [-0.3, -0.25) is 0 Å². The van der Waals surface area contributed by atoms with Crippen molar-refractivity contribution in [2.24, 2.45) is 0 Å². The SMILES string of the molecule is OC(Cc1ccc(Cl)s1)C1COCCO1. The predicted octanol–water partition coefficient (Wildman–Crippen LogP) is 1.72. The van der Waals surface area contributed by atoms with E-state index in [1.165, 1.54) is 11.3 Å². The van der Waals surface area contributed by atoms with E-state index in [2.05, 4.69) is 0 Å². The van der Waals surface area contributed by atoms with Gasteiger partial charge in [0.15, 0.2) is 0 Å². The Morgan fingerprint density at radius 1 is 1.53 bits per heavy atom. The highest BCUT2D eigenvalue weighted by Gasteiger charge is 2.23. The Labute approximate surface area is 97.6 Å². The molecule has 2 heterocycles. The molecule has 1 aliphatic rings. The second-order valence-corrected chi connectivity index (χ2v) is 5.26. The van der Waals surface area contributed by atoms with Gasteiger partial charge >= 0.3 is 0 Å². The molecule has 1 aromatic heterocycles. The highest BCUT2D eigenvalue weighted by molar-refractivity contribution is 7.16. The third-order valence-corrected chi connectivity index (χ3v) is 3.56. The van der Waals surface area contributed by atoms with Gasteiger partial charge in [0.25, 0.3) is 0 Å². The molecule has 1 saturated heterocycles. The van der Waals surface area contributed by atoms with E-state index in [1.54, 1.807) is 0 Å². The van der Waals surface area contributed by atoms with Gasteiger partial charge < -0.3 is 14.6 Å². The van der Waals surface area contributed by atoms with Crippen molar-refractivity contribution in [2.75, 3.05) is 19.8 Å². The minimum Gasteiger partial charge on any atom is -0.390 e. The molecule has 0 radical (unpaired) electrons. The molecular formula is C10H13ClO3S. The average molecular weight is 249 g/mol. The maximum Gasteiger partial charge on any atom is 0.107 e. The van der Waals surface area contributed by atoms with Crippen LogP contribution in [0, 0.1) is 0 Å². The normalized spacial score (nSPS) is 24.0. The smallest absolute Gasteiger partial charge is 0.107 e. The zero-order valence-electron chi connectivity index (χ0n) is 8.19. The third-order valence-electron chi connectivity index (χ3n) is 2.31. The molecule has 3 nitrogen and oxygen atoms in total. The highest BCUT2D eigenvalue weighted by atomic mass is 35.5. The summed E-state index contributed by atoms with van der Waals surface area (Å²) < 4.78 is 11.4. The lowest BCUT2D eigenvalue weighted by Gasteiger charge is -2.26. The van der Waals surface area contributed by atoms with Gasteiger partial charge in [-0.2, -0.15) is 0 Å². The van der Waals surface area contributed by atoms with Crippen molar-refractivity contribution in [3.8, 4) is 0 Å². The van der Waals surface area contributed by atoms with E-state index in [9.17, 15) is 5.11 Å². The van der Waals surface area contributed by atoms with Gasteiger partial charge in [-0.15, -0.1) is 11.3 Å². The van der Waals surface area contributed by atoms with Crippen molar-refractivity contribution in [3.05, 3.63) is 21.3 Å². The number of thiophene rings is 1. The van der Waals surface area contributed by atoms with Crippen molar-refractivity contribution in [1.82, 2.24) is 0 Å². The van der Waals surface area contributed by atoms with Gasteiger partial charge in [-0.05, 0) is 12.1 Å². The molecule has 5 heteroatoms. The Morgan fingerprint density at radius 3 is 3.00 bits per heavy atom. The molecule has 0 amide bonds. The van der Waals surface area contributed by atoms with Crippen LogP contribution in [-0.2, 0) is 15.9 Å². The minimum atomic E-state index is -0.514. The van der Waals surface area contributed by atoms with Crippen LogP contribution in [0.3, 0.4) is 0 Å². The molecule has 84 valence electrons. The Balaban J connectivity index is 1.88. The van der Waals surface area contributed by atoms with Crippen LogP contribution in [0.2, 0.25) is 4.34 Å². The average Bonchev–Trinajstić information content (AvgIpc) is 2.65. The van der Waals surface area contributed by atoms with Gasteiger partial charge in [0.05, 0.1) is 30.3 Å². The lowest BCUT2D eigenvalue weighted by Crippen LogP contribution is -2.39.